The average Bonchev–Trinajstić information content (AvgIpc) is 2.45. The van der Waals surface area contributed by atoms with Crippen LogP contribution in [0, 0.1) is 5.92 Å². The fourth-order valence-corrected chi connectivity index (χ4v) is 2.26. The van der Waals surface area contributed by atoms with Crippen LogP contribution in [0.15, 0.2) is 24.3 Å². The van der Waals surface area contributed by atoms with Crippen LogP contribution in [-0.2, 0) is 16.0 Å². The molecular weight excluding hydrogens is 268 g/mol. The standard InChI is InChI=1S/C16H24N2O3/c1-21-14-9-7-12(8-10-14)11-13(16(18)20)5-3-2-4-6-15(17)19/h7-10,13H,2-6,11H2,1H3,(H2,17,19)(H2,18,20). The van der Waals surface area contributed by atoms with E-state index < -0.39 is 0 Å². The van der Waals surface area contributed by atoms with E-state index in [0.29, 0.717) is 12.8 Å². The number of unbranched alkanes of at least 4 members (excludes halogenated alkanes) is 2. The zero-order valence-corrected chi connectivity index (χ0v) is 12.5. The maximum atomic E-state index is 11.5. The van der Waals surface area contributed by atoms with E-state index in [2.05, 4.69) is 0 Å². The number of ether oxygens (including phenoxy) is 1. The van der Waals surface area contributed by atoms with E-state index in [1.54, 1.807) is 7.11 Å². The molecule has 0 spiro atoms. The molecule has 0 aliphatic carbocycles. The minimum Gasteiger partial charge on any atom is -0.497 e. The van der Waals surface area contributed by atoms with Crippen molar-refractivity contribution in [2.75, 3.05) is 7.11 Å². The first-order chi connectivity index (χ1) is 10.0. The molecular formula is C16H24N2O3. The van der Waals surface area contributed by atoms with Crippen LogP contribution < -0.4 is 16.2 Å². The highest BCUT2D eigenvalue weighted by Crippen LogP contribution is 2.18. The van der Waals surface area contributed by atoms with Crippen LogP contribution in [0.1, 0.15) is 37.7 Å². The quantitative estimate of drug-likeness (QED) is 0.643. The van der Waals surface area contributed by atoms with Crippen molar-refractivity contribution >= 4 is 11.8 Å². The van der Waals surface area contributed by atoms with Gasteiger partial charge in [-0.2, -0.15) is 0 Å². The van der Waals surface area contributed by atoms with Gasteiger partial charge in [0, 0.05) is 12.3 Å². The zero-order chi connectivity index (χ0) is 15.7. The number of rotatable bonds is 10. The lowest BCUT2D eigenvalue weighted by Crippen LogP contribution is -2.25. The molecule has 116 valence electrons. The van der Waals surface area contributed by atoms with Crippen LogP contribution in [-0.4, -0.2) is 18.9 Å². The Labute approximate surface area is 125 Å². The summed E-state index contributed by atoms with van der Waals surface area (Å²) in [5.74, 6) is 0.0632. The lowest BCUT2D eigenvalue weighted by atomic mass is 9.93. The molecule has 0 heterocycles. The van der Waals surface area contributed by atoms with Crippen molar-refractivity contribution in [1.82, 2.24) is 0 Å². The lowest BCUT2D eigenvalue weighted by molar-refractivity contribution is -0.122. The first-order valence-electron chi connectivity index (χ1n) is 7.23. The van der Waals surface area contributed by atoms with Crippen molar-refractivity contribution in [1.29, 1.82) is 0 Å². The molecule has 1 aromatic rings. The fraction of sp³-hybridized carbons (Fsp3) is 0.500. The molecule has 0 bridgehead atoms. The number of carbonyl (C=O) groups excluding carboxylic acids is 2. The van der Waals surface area contributed by atoms with Crippen LogP contribution in [0.3, 0.4) is 0 Å². The number of hydrogen-bond donors (Lipinski definition) is 2. The van der Waals surface area contributed by atoms with Crippen LogP contribution >= 0.6 is 0 Å². The summed E-state index contributed by atoms with van der Waals surface area (Å²) in [4.78, 5) is 22.2. The van der Waals surface area contributed by atoms with Gasteiger partial charge in [-0.05, 0) is 37.0 Å². The van der Waals surface area contributed by atoms with E-state index >= 15 is 0 Å². The second-order valence-corrected chi connectivity index (χ2v) is 5.22. The lowest BCUT2D eigenvalue weighted by Gasteiger charge is -2.13. The summed E-state index contributed by atoms with van der Waals surface area (Å²) in [6, 6.07) is 7.64. The van der Waals surface area contributed by atoms with Gasteiger partial charge in [0.1, 0.15) is 5.75 Å². The maximum Gasteiger partial charge on any atom is 0.220 e. The zero-order valence-electron chi connectivity index (χ0n) is 12.5. The number of benzene rings is 1. The van der Waals surface area contributed by atoms with Crippen LogP contribution in [0.5, 0.6) is 5.75 Å². The Morgan fingerprint density at radius 3 is 2.29 bits per heavy atom. The first kappa shape index (κ1) is 17.0. The van der Waals surface area contributed by atoms with Gasteiger partial charge in [-0.15, -0.1) is 0 Å². The minimum atomic E-state index is -0.278. The summed E-state index contributed by atoms with van der Waals surface area (Å²) >= 11 is 0. The molecule has 0 saturated heterocycles. The van der Waals surface area contributed by atoms with Gasteiger partial charge in [-0.25, -0.2) is 0 Å². The third-order valence-electron chi connectivity index (χ3n) is 3.52. The Hall–Kier alpha value is -2.04. The summed E-state index contributed by atoms with van der Waals surface area (Å²) in [6.45, 7) is 0. The summed E-state index contributed by atoms with van der Waals surface area (Å²) in [6.07, 6.45) is 4.30. The first-order valence-corrected chi connectivity index (χ1v) is 7.23. The van der Waals surface area contributed by atoms with Crippen molar-refractivity contribution in [2.24, 2.45) is 17.4 Å². The highest BCUT2D eigenvalue weighted by Gasteiger charge is 2.15. The van der Waals surface area contributed by atoms with E-state index in [1.807, 2.05) is 24.3 Å². The highest BCUT2D eigenvalue weighted by atomic mass is 16.5. The van der Waals surface area contributed by atoms with Gasteiger partial charge in [0.2, 0.25) is 11.8 Å². The van der Waals surface area contributed by atoms with Crippen LogP contribution in [0.4, 0.5) is 0 Å². The third kappa shape index (κ3) is 6.79. The van der Waals surface area contributed by atoms with Crippen molar-refractivity contribution in [3.8, 4) is 5.75 Å². The van der Waals surface area contributed by atoms with Crippen molar-refractivity contribution in [3.63, 3.8) is 0 Å². The maximum absolute atomic E-state index is 11.5. The molecule has 4 N–H and O–H groups in total. The molecule has 0 fully saturated rings. The van der Waals surface area contributed by atoms with Gasteiger partial charge in [0.15, 0.2) is 0 Å². The van der Waals surface area contributed by atoms with E-state index in [1.165, 1.54) is 0 Å². The van der Waals surface area contributed by atoms with Crippen LogP contribution in [0.2, 0.25) is 0 Å². The number of amides is 2. The van der Waals surface area contributed by atoms with E-state index in [0.717, 1.165) is 37.0 Å². The SMILES string of the molecule is COc1ccc(CC(CCCCCC(N)=O)C(N)=O)cc1. The van der Waals surface area contributed by atoms with Gasteiger partial charge < -0.3 is 16.2 Å². The molecule has 0 radical (unpaired) electrons. The Kier molecular flexibility index (Phi) is 7.29. The molecule has 21 heavy (non-hydrogen) atoms. The Morgan fingerprint density at radius 2 is 1.76 bits per heavy atom. The van der Waals surface area contributed by atoms with Gasteiger partial charge in [-0.3, -0.25) is 9.59 Å². The van der Waals surface area contributed by atoms with E-state index in [9.17, 15) is 9.59 Å². The topological polar surface area (TPSA) is 95.4 Å². The second-order valence-electron chi connectivity index (χ2n) is 5.22. The molecule has 1 unspecified atom stereocenters. The number of primary amides is 2. The number of hydrogen-bond acceptors (Lipinski definition) is 3. The molecule has 5 nitrogen and oxygen atoms in total. The van der Waals surface area contributed by atoms with Gasteiger partial charge in [0.05, 0.1) is 7.11 Å². The van der Waals surface area contributed by atoms with E-state index in [-0.39, 0.29) is 17.7 Å². The second kappa shape index (κ2) is 9.00. The van der Waals surface area contributed by atoms with Crippen molar-refractivity contribution in [2.45, 2.75) is 38.5 Å². The molecule has 0 saturated carbocycles. The summed E-state index contributed by atoms with van der Waals surface area (Å²) in [7, 11) is 1.62. The molecule has 2 amide bonds. The number of methoxy groups -OCH3 is 1. The van der Waals surface area contributed by atoms with Crippen molar-refractivity contribution in [3.05, 3.63) is 29.8 Å². The van der Waals surface area contributed by atoms with Crippen molar-refractivity contribution < 1.29 is 14.3 Å². The van der Waals surface area contributed by atoms with Gasteiger partial charge in [-0.1, -0.05) is 25.0 Å². The number of carbonyl (C=O) groups is 2. The largest absolute Gasteiger partial charge is 0.497 e. The summed E-state index contributed by atoms with van der Waals surface area (Å²) < 4.78 is 5.10. The number of nitrogens with two attached hydrogens (primary N) is 2. The Bertz CT molecular complexity index is 457. The highest BCUT2D eigenvalue weighted by molar-refractivity contribution is 5.77. The fourth-order valence-electron chi connectivity index (χ4n) is 2.26. The normalized spacial score (nSPS) is 11.9. The molecule has 0 aliphatic heterocycles. The summed E-state index contributed by atoms with van der Waals surface area (Å²) in [5.41, 5.74) is 11.6. The molecule has 1 atom stereocenters. The third-order valence-corrected chi connectivity index (χ3v) is 3.52. The predicted octanol–water partition coefficient (Wildman–Crippen LogP) is 1.77. The predicted molar refractivity (Wildman–Crippen MR) is 81.7 cm³/mol. The molecule has 0 aliphatic rings. The van der Waals surface area contributed by atoms with E-state index in [4.69, 9.17) is 16.2 Å². The molecule has 5 heteroatoms. The summed E-state index contributed by atoms with van der Waals surface area (Å²) in [5, 5.41) is 0. The van der Waals surface area contributed by atoms with Gasteiger partial charge >= 0.3 is 0 Å². The van der Waals surface area contributed by atoms with Gasteiger partial charge in [0.25, 0.3) is 0 Å². The Morgan fingerprint density at radius 1 is 1.10 bits per heavy atom. The monoisotopic (exact) mass is 292 g/mol. The molecule has 0 aromatic heterocycles. The average molecular weight is 292 g/mol. The Balaban J connectivity index is 2.42. The van der Waals surface area contributed by atoms with Crippen LogP contribution in [0.25, 0.3) is 0 Å². The molecule has 1 aromatic carbocycles. The smallest absolute Gasteiger partial charge is 0.220 e. The minimum absolute atomic E-state index is 0.174. The molecule has 1 rings (SSSR count).